The Labute approximate surface area is 123 Å². The molecule has 0 unspecified atom stereocenters. The molecule has 0 spiro atoms. The lowest BCUT2D eigenvalue weighted by atomic mass is 10.1. The van der Waals surface area contributed by atoms with Crippen molar-refractivity contribution in [2.75, 3.05) is 11.5 Å². The summed E-state index contributed by atoms with van der Waals surface area (Å²) in [5, 5.41) is 15.1. The molecule has 2 aromatic rings. The van der Waals surface area contributed by atoms with Crippen molar-refractivity contribution in [3.63, 3.8) is 0 Å². The Bertz CT molecular complexity index is 684. The van der Waals surface area contributed by atoms with E-state index in [0.717, 1.165) is 11.5 Å². The number of sulfone groups is 1. The van der Waals surface area contributed by atoms with Crippen LogP contribution in [0.5, 0.6) is 0 Å². The van der Waals surface area contributed by atoms with Gasteiger partial charge in [0.15, 0.2) is 5.82 Å². The molecule has 2 heterocycles. The lowest BCUT2D eigenvalue weighted by Crippen LogP contribution is -2.37. The number of hydrogen-bond acceptors (Lipinski definition) is 6. The molecule has 1 saturated heterocycles. The SMILES string of the molecule is O=S1(=O)CCC(NCc2nnnn2-c2ccccc2)CC1. The van der Waals surface area contributed by atoms with Gasteiger partial charge in [0, 0.05) is 6.04 Å². The molecule has 0 aliphatic carbocycles. The van der Waals surface area contributed by atoms with Gasteiger partial charge in [-0.15, -0.1) is 5.10 Å². The summed E-state index contributed by atoms with van der Waals surface area (Å²) in [6, 6.07) is 9.88. The summed E-state index contributed by atoms with van der Waals surface area (Å²) in [5.41, 5.74) is 0.908. The third-order valence-corrected chi connectivity index (χ3v) is 5.35. The van der Waals surface area contributed by atoms with Gasteiger partial charge in [0.2, 0.25) is 0 Å². The molecule has 1 aliphatic rings. The Morgan fingerprint density at radius 2 is 1.90 bits per heavy atom. The molecular formula is C13H17N5O2S. The van der Waals surface area contributed by atoms with Gasteiger partial charge in [0.25, 0.3) is 0 Å². The van der Waals surface area contributed by atoms with Crippen molar-refractivity contribution in [2.24, 2.45) is 0 Å². The molecule has 1 aromatic carbocycles. The van der Waals surface area contributed by atoms with Crippen LogP contribution in [-0.4, -0.2) is 46.2 Å². The maximum atomic E-state index is 11.4. The van der Waals surface area contributed by atoms with Gasteiger partial charge in [-0.3, -0.25) is 0 Å². The van der Waals surface area contributed by atoms with Crippen LogP contribution in [0.1, 0.15) is 18.7 Å². The second-order valence-corrected chi connectivity index (χ2v) is 7.45. The van der Waals surface area contributed by atoms with Gasteiger partial charge in [-0.1, -0.05) is 18.2 Å². The number of tetrazole rings is 1. The first-order valence-electron chi connectivity index (χ1n) is 6.90. The first kappa shape index (κ1) is 14.2. The van der Waals surface area contributed by atoms with Crippen LogP contribution in [-0.2, 0) is 16.4 Å². The highest BCUT2D eigenvalue weighted by atomic mass is 32.2. The second kappa shape index (κ2) is 5.90. The van der Waals surface area contributed by atoms with Crippen molar-refractivity contribution in [1.29, 1.82) is 0 Å². The van der Waals surface area contributed by atoms with Crippen molar-refractivity contribution >= 4 is 9.84 Å². The zero-order valence-electron chi connectivity index (χ0n) is 11.5. The highest BCUT2D eigenvalue weighted by Crippen LogP contribution is 2.13. The van der Waals surface area contributed by atoms with Crippen LogP contribution in [0, 0.1) is 0 Å². The fourth-order valence-corrected chi connectivity index (χ4v) is 3.91. The Kier molecular flexibility index (Phi) is 3.98. The summed E-state index contributed by atoms with van der Waals surface area (Å²) in [5.74, 6) is 1.23. The van der Waals surface area contributed by atoms with Gasteiger partial charge < -0.3 is 5.32 Å². The van der Waals surface area contributed by atoms with Gasteiger partial charge in [0.1, 0.15) is 9.84 Å². The molecule has 0 saturated carbocycles. The maximum Gasteiger partial charge on any atom is 0.170 e. The van der Waals surface area contributed by atoms with Crippen LogP contribution in [0.4, 0.5) is 0 Å². The van der Waals surface area contributed by atoms with Gasteiger partial charge in [-0.2, -0.15) is 4.68 Å². The number of para-hydroxylation sites is 1. The van der Waals surface area contributed by atoms with Crippen molar-refractivity contribution in [3.05, 3.63) is 36.2 Å². The first-order chi connectivity index (χ1) is 10.1. The average Bonchev–Trinajstić information content (AvgIpc) is 2.95. The fraction of sp³-hybridized carbons (Fsp3) is 0.462. The van der Waals surface area contributed by atoms with Crippen molar-refractivity contribution < 1.29 is 8.42 Å². The van der Waals surface area contributed by atoms with Gasteiger partial charge in [-0.05, 0) is 35.4 Å². The van der Waals surface area contributed by atoms with Crippen molar-refractivity contribution in [1.82, 2.24) is 25.5 Å². The molecule has 7 nitrogen and oxygen atoms in total. The Morgan fingerprint density at radius 1 is 1.19 bits per heavy atom. The van der Waals surface area contributed by atoms with E-state index in [-0.39, 0.29) is 17.5 Å². The predicted molar refractivity (Wildman–Crippen MR) is 77.7 cm³/mol. The van der Waals surface area contributed by atoms with Crippen LogP contribution in [0.25, 0.3) is 5.69 Å². The number of hydrogen-bond donors (Lipinski definition) is 1. The number of benzene rings is 1. The average molecular weight is 307 g/mol. The van der Waals surface area contributed by atoms with E-state index in [1.807, 2.05) is 30.3 Å². The molecular weight excluding hydrogens is 290 g/mol. The minimum absolute atomic E-state index is 0.203. The van der Waals surface area contributed by atoms with E-state index in [9.17, 15) is 8.42 Å². The van der Waals surface area contributed by atoms with Crippen molar-refractivity contribution in [2.45, 2.75) is 25.4 Å². The molecule has 0 bridgehead atoms. The van der Waals surface area contributed by atoms with E-state index in [1.54, 1.807) is 4.68 Å². The largest absolute Gasteiger partial charge is 0.307 e. The van der Waals surface area contributed by atoms with Crippen LogP contribution in [0.2, 0.25) is 0 Å². The van der Waals surface area contributed by atoms with Gasteiger partial charge in [0.05, 0.1) is 23.7 Å². The topological polar surface area (TPSA) is 89.8 Å². The molecule has 21 heavy (non-hydrogen) atoms. The van der Waals surface area contributed by atoms with E-state index in [1.165, 1.54) is 0 Å². The summed E-state index contributed by atoms with van der Waals surface area (Å²) < 4.78 is 24.5. The molecule has 1 N–H and O–H groups in total. The summed E-state index contributed by atoms with van der Waals surface area (Å²) in [6.07, 6.45) is 1.30. The summed E-state index contributed by atoms with van der Waals surface area (Å²) in [7, 11) is -2.82. The van der Waals surface area contributed by atoms with E-state index in [4.69, 9.17) is 0 Å². The van der Waals surface area contributed by atoms with Gasteiger partial charge >= 0.3 is 0 Å². The maximum absolute atomic E-state index is 11.4. The molecule has 0 amide bonds. The molecule has 8 heteroatoms. The van der Waals surface area contributed by atoms with Crippen LogP contribution in [0.3, 0.4) is 0 Å². The number of aromatic nitrogens is 4. The van der Waals surface area contributed by atoms with E-state index < -0.39 is 9.84 Å². The Hall–Kier alpha value is -1.80. The summed E-state index contributed by atoms with van der Waals surface area (Å²) in [4.78, 5) is 0. The van der Waals surface area contributed by atoms with Crippen LogP contribution >= 0.6 is 0 Å². The van der Waals surface area contributed by atoms with E-state index in [0.29, 0.717) is 19.4 Å². The smallest absolute Gasteiger partial charge is 0.170 e. The predicted octanol–water partition coefficient (Wildman–Crippen LogP) is 0.329. The fourth-order valence-electron chi connectivity index (χ4n) is 2.42. The lowest BCUT2D eigenvalue weighted by molar-refractivity contribution is 0.454. The minimum Gasteiger partial charge on any atom is -0.307 e. The molecule has 0 radical (unpaired) electrons. The Morgan fingerprint density at radius 3 is 2.62 bits per heavy atom. The molecule has 3 rings (SSSR count). The highest BCUT2D eigenvalue weighted by molar-refractivity contribution is 7.91. The standard InChI is InChI=1S/C13H17N5O2S/c19-21(20)8-6-11(7-9-21)14-10-13-15-16-17-18(13)12-4-2-1-3-5-12/h1-5,11,14H,6-10H2. The van der Waals surface area contributed by atoms with E-state index in [2.05, 4.69) is 20.8 Å². The minimum atomic E-state index is -2.82. The van der Waals surface area contributed by atoms with Gasteiger partial charge in [-0.25, -0.2) is 8.42 Å². The first-order valence-corrected chi connectivity index (χ1v) is 8.73. The third kappa shape index (κ3) is 3.45. The zero-order chi connectivity index (χ0) is 14.7. The zero-order valence-corrected chi connectivity index (χ0v) is 12.3. The quantitative estimate of drug-likeness (QED) is 0.875. The number of nitrogens with zero attached hydrogens (tertiary/aromatic N) is 4. The number of rotatable bonds is 4. The Balaban J connectivity index is 1.63. The second-order valence-electron chi connectivity index (χ2n) is 5.15. The lowest BCUT2D eigenvalue weighted by Gasteiger charge is -2.22. The summed E-state index contributed by atoms with van der Waals surface area (Å²) in [6.45, 7) is 0.520. The molecule has 112 valence electrons. The molecule has 1 fully saturated rings. The molecule has 1 aliphatic heterocycles. The molecule has 1 aromatic heterocycles. The highest BCUT2D eigenvalue weighted by Gasteiger charge is 2.23. The monoisotopic (exact) mass is 307 g/mol. The van der Waals surface area contributed by atoms with Crippen molar-refractivity contribution in [3.8, 4) is 5.69 Å². The van der Waals surface area contributed by atoms with Crippen LogP contribution < -0.4 is 5.32 Å². The van der Waals surface area contributed by atoms with E-state index >= 15 is 0 Å². The summed E-state index contributed by atoms with van der Waals surface area (Å²) >= 11 is 0. The number of nitrogens with one attached hydrogen (secondary N) is 1. The third-order valence-electron chi connectivity index (χ3n) is 3.64. The molecule has 0 atom stereocenters. The van der Waals surface area contributed by atoms with Crippen LogP contribution in [0.15, 0.2) is 30.3 Å². The normalized spacial score (nSPS) is 18.7.